The van der Waals surface area contributed by atoms with Crippen LogP contribution in [0.5, 0.6) is 17.2 Å². The molecular weight excluding hydrogens is 564 g/mol. The first-order chi connectivity index (χ1) is 21.3. The number of piperidine rings is 1. The first kappa shape index (κ1) is 31.2. The minimum Gasteiger partial charge on any atom is -0.494 e. The number of nitrogens with one attached hydrogen (secondary N) is 1. The quantitative estimate of drug-likeness (QED) is 0.412. The van der Waals surface area contributed by atoms with Crippen molar-refractivity contribution >= 4 is 23.6 Å². The van der Waals surface area contributed by atoms with Gasteiger partial charge in [-0.1, -0.05) is 25.0 Å². The largest absolute Gasteiger partial charge is 0.494 e. The summed E-state index contributed by atoms with van der Waals surface area (Å²) in [6, 6.07) is 12.0. The smallest absolute Gasteiger partial charge is 0.405 e. The van der Waals surface area contributed by atoms with E-state index in [1.165, 1.54) is 0 Å². The Bertz CT molecular complexity index is 1370. The summed E-state index contributed by atoms with van der Waals surface area (Å²) in [5.41, 5.74) is 2.64. The van der Waals surface area contributed by atoms with Gasteiger partial charge in [-0.05, 0) is 68.5 Å². The van der Waals surface area contributed by atoms with E-state index >= 15 is 0 Å². The average Bonchev–Trinajstić information content (AvgIpc) is 3.05. The lowest BCUT2D eigenvalue weighted by Crippen LogP contribution is -2.55. The monoisotopic (exact) mass is 606 g/mol. The van der Waals surface area contributed by atoms with Crippen LogP contribution >= 0.6 is 0 Å². The molecule has 1 saturated carbocycles. The number of fused-ring (bicyclic) bond motifs is 1. The van der Waals surface area contributed by atoms with Gasteiger partial charge in [0, 0.05) is 36.9 Å². The van der Waals surface area contributed by atoms with E-state index < -0.39 is 12.1 Å². The molecule has 0 radical (unpaired) electrons. The third-order valence-corrected chi connectivity index (χ3v) is 8.95. The number of hydrogen-bond donors (Lipinski definition) is 2. The molecule has 2 fully saturated rings. The van der Waals surface area contributed by atoms with E-state index in [4.69, 9.17) is 19.3 Å². The van der Waals surface area contributed by atoms with Gasteiger partial charge in [0.15, 0.2) is 11.5 Å². The van der Waals surface area contributed by atoms with Gasteiger partial charge in [0.25, 0.3) is 0 Å². The van der Waals surface area contributed by atoms with Crippen molar-refractivity contribution in [2.45, 2.75) is 64.0 Å². The van der Waals surface area contributed by atoms with Gasteiger partial charge >= 0.3 is 6.09 Å². The van der Waals surface area contributed by atoms with E-state index in [0.29, 0.717) is 44.0 Å². The van der Waals surface area contributed by atoms with Gasteiger partial charge in [-0.3, -0.25) is 9.59 Å². The summed E-state index contributed by atoms with van der Waals surface area (Å²) in [4.78, 5) is 40.6. The minimum atomic E-state index is -1.25. The zero-order valence-electron chi connectivity index (χ0n) is 25.7. The lowest BCUT2D eigenvalue weighted by molar-refractivity contribution is -0.143. The summed E-state index contributed by atoms with van der Waals surface area (Å²) in [6.07, 6.45) is 3.91. The Kier molecular flexibility index (Phi) is 9.92. The average molecular weight is 607 g/mol. The second-order valence-corrected chi connectivity index (χ2v) is 11.6. The Balaban J connectivity index is 1.31. The van der Waals surface area contributed by atoms with E-state index in [0.717, 1.165) is 48.3 Å². The number of likely N-dealkylation sites (tertiary alicyclic amines) is 1. The van der Waals surface area contributed by atoms with Crippen LogP contribution in [0.1, 0.15) is 56.6 Å². The number of rotatable bonds is 10. The molecule has 236 valence electrons. The Morgan fingerprint density at radius 2 is 1.66 bits per heavy atom. The molecule has 2 N–H and O–H groups in total. The number of benzene rings is 2. The van der Waals surface area contributed by atoms with Crippen LogP contribution in [0.4, 0.5) is 4.79 Å². The van der Waals surface area contributed by atoms with Gasteiger partial charge in [0.1, 0.15) is 11.8 Å². The Morgan fingerprint density at radius 3 is 2.30 bits per heavy atom. The van der Waals surface area contributed by atoms with Crippen LogP contribution in [0.15, 0.2) is 47.6 Å². The molecule has 3 atom stereocenters. The molecular formula is C33H42N4O7. The standard InChI is InChI=1S/C33H42N4O7/c1-4-44-24-12-9-21(10-13-24)19-27(34-33(40)41)32(39)36-17-15-23(16-18-36)37-31(38)26-8-6-5-7-25(26)30(35-37)22-11-14-28(42-2)29(20-22)43-3/h9-14,20,23,25-27,34H,4-8,15-19H2,1-3H3,(H,40,41)/t25-,26+,27+/m0/s1. The van der Waals surface area contributed by atoms with Crippen LogP contribution in [0, 0.1) is 11.8 Å². The van der Waals surface area contributed by atoms with Crippen molar-refractivity contribution in [1.82, 2.24) is 15.2 Å². The van der Waals surface area contributed by atoms with Crippen molar-refractivity contribution in [3.8, 4) is 17.2 Å². The molecule has 1 aliphatic carbocycles. The lowest BCUT2D eigenvalue weighted by atomic mass is 9.73. The number of hydrogen-bond acceptors (Lipinski definition) is 7. The molecule has 0 spiro atoms. The van der Waals surface area contributed by atoms with E-state index in [2.05, 4.69) is 5.32 Å². The van der Waals surface area contributed by atoms with Crippen molar-refractivity contribution in [3.63, 3.8) is 0 Å². The number of amides is 3. The van der Waals surface area contributed by atoms with Gasteiger partial charge in [-0.2, -0.15) is 5.10 Å². The fourth-order valence-corrected chi connectivity index (χ4v) is 6.72. The molecule has 44 heavy (non-hydrogen) atoms. The summed E-state index contributed by atoms with van der Waals surface area (Å²) in [7, 11) is 3.21. The molecule has 2 heterocycles. The first-order valence-electron chi connectivity index (χ1n) is 15.5. The lowest BCUT2D eigenvalue weighted by Gasteiger charge is -2.43. The number of hydrazone groups is 1. The molecule has 0 aromatic heterocycles. The highest BCUT2D eigenvalue weighted by Gasteiger charge is 2.44. The third kappa shape index (κ3) is 6.76. The highest BCUT2D eigenvalue weighted by atomic mass is 16.5. The predicted molar refractivity (Wildman–Crippen MR) is 164 cm³/mol. The van der Waals surface area contributed by atoms with Crippen LogP contribution in [0.2, 0.25) is 0 Å². The maximum atomic E-state index is 13.8. The van der Waals surface area contributed by atoms with E-state index in [-0.39, 0.29) is 36.1 Å². The van der Waals surface area contributed by atoms with Crippen LogP contribution in [0.3, 0.4) is 0 Å². The van der Waals surface area contributed by atoms with Gasteiger partial charge < -0.3 is 29.5 Å². The van der Waals surface area contributed by atoms with E-state index in [1.807, 2.05) is 49.4 Å². The highest BCUT2D eigenvalue weighted by Crippen LogP contribution is 2.40. The third-order valence-electron chi connectivity index (χ3n) is 8.95. The number of carbonyl (C=O) groups is 3. The van der Waals surface area contributed by atoms with E-state index in [1.54, 1.807) is 24.1 Å². The fraction of sp³-hybridized carbons (Fsp3) is 0.515. The normalized spacial score (nSPS) is 21.2. The first-order valence-corrected chi connectivity index (χ1v) is 15.5. The summed E-state index contributed by atoms with van der Waals surface area (Å²) in [6.45, 7) is 3.26. The zero-order valence-corrected chi connectivity index (χ0v) is 25.7. The SMILES string of the molecule is CCOc1ccc(C[C@@H](NC(=O)O)C(=O)N2CCC(N3N=C(c4ccc(OC)c(OC)c4)[C@H]4CCCC[C@H]4C3=O)CC2)cc1. The molecule has 2 aromatic rings. The summed E-state index contributed by atoms with van der Waals surface area (Å²) in [5, 5.41) is 18.5. The molecule has 0 bridgehead atoms. The highest BCUT2D eigenvalue weighted by molar-refractivity contribution is 6.07. The van der Waals surface area contributed by atoms with Crippen LogP contribution < -0.4 is 19.5 Å². The molecule has 5 rings (SSSR count). The van der Waals surface area contributed by atoms with Gasteiger partial charge in [0.05, 0.1) is 32.6 Å². The number of carbonyl (C=O) groups excluding carboxylic acids is 2. The number of carboxylic acid groups (broad SMARTS) is 1. The second-order valence-electron chi connectivity index (χ2n) is 11.6. The molecule has 2 aliphatic heterocycles. The number of methoxy groups -OCH3 is 2. The molecule has 11 heteroatoms. The molecule has 3 aliphatic rings. The second kappa shape index (κ2) is 14.0. The molecule has 0 unspecified atom stereocenters. The Morgan fingerprint density at radius 1 is 0.977 bits per heavy atom. The number of ether oxygens (including phenoxy) is 3. The number of nitrogens with zero attached hydrogens (tertiary/aromatic N) is 3. The Hall–Kier alpha value is -4.28. The van der Waals surface area contributed by atoms with Crippen molar-refractivity contribution in [2.24, 2.45) is 16.9 Å². The van der Waals surface area contributed by atoms with Crippen molar-refractivity contribution in [2.75, 3.05) is 33.9 Å². The van der Waals surface area contributed by atoms with Crippen LogP contribution in [-0.4, -0.2) is 84.6 Å². The zero-order chi connectivity index (χ0) is 31.2. The predicted octanol–water partition coefficient (Wildman–Crippen LogP) is 4.33. The van der Waals surface area contributed by atoms with Crippen molar-refractivity contribution in [1.29, 1.82) is 0 Å². The summed E-state index contributed by atoms with van der Waals surface area (Å²) < 4.78 is 16.5. The Labute approximate surface area is 258 Å². The fourth-order valence-electron chi connectivity index (χ4n) is 6.72. The molecule has 2 aromatic carbocycles. The van der Waals surface area contributed by atoms with Crippen LogP contribution in [0.25, 0.3) is 0 Å². The minimum absolute atomic E-state index is 0.0534. The molecule has 3 amide bonds. The van der Waals surface area contributed by atoms with Crippen LogP contribution in [-0.2, 0) is 16.0 Å². The molecule has 1 saturated heterocycles. The van der Waals surface area contributed by atoms with Crippen molar-refractivity contribution in [3.05, 3.63) is 53.6 Å². The maximum Gasteiger partial charge on any atom is 0.405 e. The summed E-state index contributed by atoms with van der Waals surface area (Å²) >= 11 is 0. The van der Waals surface area contributed by atoms with Gasteiger partial charge in [-0.25, -0.2) is 9.80 Å². The topological polar surface area (TPSA) is 130 Å². The van der Waals surface area contributed by atoms with E-state index in [9.17, 15) is 19.5 Å². The maximum absolute atomic E-state index is 13.8. The van der Waals surface area contributed by atoms with Gasteiger partial charge in [0.2, 0.25) is 11.8 Å². The van der Waals surface area contributed by atoms with Gasteiger partial charge in [-0.15, -0.1) is 0 Å². The summed E-state index contributed by atoms with van der Waals surface area (Å²) in [5.74, 6) is 1.69. The van der Waals surface area contributed by atoms with Crippen molar-refractivity contribution < 1.29 is 33.7 Å². The molecule has 11 nitrogen and oxygen atoms in total.